The SMILES string of the molecule is COc1ccc(Oc2nnc(Cl)c(C)c2C)c(Br)c1. The van der Waals surface area contributed by atoms with Crippen molar-refractivity contribution in [2.45, 2.75) is 13.8 Å². The fraction of sp³-hybridized carbons (Fsp3) is 0.231. The minimum atomic E-state index is 0.388. The maximum absolute atomic E-state index is 5.90. The van der Waals surface area contributed by atoms with Crippen LogP contribution in [0.15, 0.2) is 22.7 Å². The third-order valence-electron chi connectivity index (χ3n) is 2.77. The highest BCUT2D eigenvalue weighted by molar-refractivity contribution is 9.10. The molecule has 0 fully saturated rings. The number of methoxy groups -OCH3 is 1. The van der Waals surface area contributed by atoms with Crippen LogP contribution < -0.4 is 9.47 Å². The van der Waals surface area contributed by atoms with Gasteiger partial charge in [0.15, 0.2) is 5.15 Å². The summed E-state index contributed by atoms with van der Waals surface area (Å²) < 4.78 is 11.6. The largest absolute Gasteiger partial charge is 0.497 e. The lowest BCUT2D eigenvalue weighted by Gasteiger charge is -2.11. The van der Waals surface area contributed by atoms with Gasteiger partial charge in [-0.1, -0.05) is 11.6 Å². The standard InChI is InChI=1S/C13H12BrClN2O2/c1-7-8(2)13(17-16-12(7)15)19-11-5-4-9(18-3)6-10(11)14/h4-6H,1-3H3. The smallest absolute Gasteiger partial charge is 0.242 e. The Hall–Kier alpha value is -1.33. The van der Waals surface area contributed by atoms with Crippen molar-refractivity contribution in [3.05, 3.63) is 39.0 Å². The first-order valence-electron chi connectivity index (χ1n) is 5.53. The second-order valence-electron chi connectivity index (χ2n) is 3.94. The molecule has 0 atom stereocenters. The number of rotatable bonds is 3. The zero-order valence-corrected chi connectivity index (χ0v) is 13.0. The van der Waals surface area contributed by atoms with Gasteiger partial charge >= 0.3 is 0 Å². The zero-order valence-electron chi connectivity index (χ0n) is 10.7. The van der Waals surface area contributed by atoms with Gasteiger partial charge in [-0.3, -0.25) is 0 Å². The number of hydrogen-bond donors (Lipinski definition) is 0. The topological polar surface area (TPSA) is 44.2 Å². The summed E-state index contributed by atoms with van der Waals surface area (Å²) in [7, 11) is 1.61. The van der Waals surface area contributed by atoms with Crippen LogP contribution in [0.5, 0.6) is 17.4 Å². The van der Waals surface area contributed by atoms with E-state index in [-0.39, 0.29) is 0 Å². The summed E-state index contributed by atoms with van der Waals surface area (Å²) in [4.78, 5) is 0. The molecule has 6 heteroatoms. The van der Waals surface area contributed by atoms with Crippen molar-refractivity contribution >= 4 is 27.5 Å². The maximum atomic E-state index is 5.90. The van der Waals surface area contributed by atoms with Crippen LogP contribution in [-0.4, -0.2) is 17.3 Å². The lowest BCUT2D eigenvalue weighted by atomic mass is 10.2. The molecule has 0 bridgehead atoms. The van der Waals surface area contributed by atoms with Crippen molar-refractivity contribution in [2.24, 2.45) is 0 Å². The van der Waals surface area contributed by atoms with Crippen molar-refractivity contribution in [1.82, 2.24) is 10.2 Å². The van der Waals surface area contributed by atoms with E-state index < -0.39 is 0 Å². The van der Waals surface area contributed by atoms with Crippen LogP contribution in [-0.2, 0) is 0 Å². The normalized spacial score (nSPS) is 10.4. The number of nitrogens with zero attached hydrogens (tertiary/aromatic N) is 2. The van der Waals surface area contributed by atoms with Crippen molar-refractivity contribution in [2.75, 3.05) is 7.11 Å². The van der Waals surface area contributed by atoms with E-state index >= 15 is 0 Å². The average Bonchev–Trinajstić information content (AvgIpc) is 2.41. The third-order valence-corrected chi connectivity index (χ3v) is 3.75. The van der Waals surface area contributed by atoms with Gasteiger partial charge in [-0.05, 0) is 53.5 Å². The fourth-order valence-electron chi connectivity index (χ4n) is 1.45. The molecular weight excluding hydrogens is 332 g/mol. The molecule has 1 aromatic heterocycles. The van der Waals surface area contributed by atoms with E-state index in [1.807, 2.05) is 26.0 Å². The van der Waals surface area contributed by atoms with Gasteiger partial charge in [-0.25, -0.2) is 0 Å². The highest BCUT2D eigenvalue weighted by Gasteiger charge is 2.12. The van der Waals surface area contributed by atoms with Gasteiger partial charge in [0.2, 0.25) is 5.88 Å². The number of halogens is 2. The van der Waals surface area contributed by atoms with Crippen LogP contribution >= 0.6 is 27.5 Å². The Labute approximate surface area is 124 Å². The maximum Gasteiger partial charge on any atom is 0.242 e. The van der Waals surface area contributed by atoms with Gasteiger partial charge in [0, 0.05) is 5.56 Å². The summed E-state index contributed by atoms with van der Waals surface area (Å²) in [6.07, 6.45) is 0. The molecule has 0 aliphatic heterocycles. The Morgan fingerprint density at radius 1 is 1.16 bits per heavy atom. The summed E-state index contributed by atoms with van der Waals surface area (Å²) in [6, 6.07) is 5.43. The van der Waals surface area contributed by atoms with Crippen molar-refractivity contribution in [3.8, 4) is 17.4 Å². The lowest BCUT2D eigenvalue weighted by molar-refractivity contribution is 0.410. The molecule has 0 aliphatic carbocycles. The van der Waals surface area contributed by atoms with Crippen LogP contribution in [0.25, 0.3) is 0 Å². The zero-order chi connectivity index (χ0) is 14.0. The summed E-state index contributed by atoms with van der Waals surface area (Å²) in [5.74, 6) is 1.82. The molecule has 0 spiro atoms. The molecule has 2 aromatic rings. The number of hydrogen-bond acceptors (Lipinski definition) is 4. The number of benzene rings is 1. The van der Waals surface area contributed by atoms with Crippen LogP contribution in [0, 0.1) is 13.8 Å². The second-order valence-corrected chi connectivity index (χ2v) is 5.16. The first-order chi connectivity index (χ1) is 9.02. The van der Waals surface area contributed by atoms with E-state index in [1.54, 1.807) is 13.2 Å². The Balaban J connectivity index is 2.34. The van der Waals surface area contributed by atoms with E-state index in [9.17, 15) is 0 Å². The fourth-order valence-corrected chi connectivity index (χ4v) is 2.07. The van der Waals surface area contributed by atoms with E-state index in [0.29, 0.717) is 16.8 Å². The molecule has 19 heavy (non-hydrogen) atoms. The van der Waals surface area contributed by atoms with Gasteiger partial charge in [0.05, 0.1) is 11.6 Å². The summed E-state index contributed by atoms with van der Waals surface area (Å²) in [5, 5.41) is 8.20. The third kappa shape index (κ3) is 2.98. The Bertz CT molecular complexity index is 620. The molecule has 0 saturated heterocycles. The minimum Gasteiger partial charge on any atom is -0.497 e. The highest BCUT2D eigenvalue weighted by Crippen LogP contribution is 2.34. The molecule has 0 N–H and O–H groups in total. The molecule has 0 amide bonds. The monoisotopic (exact) mass is 342 g/mol. The number of aromatic nitrogens is 2. The molecule has 1 heterocycles. The van der Waals surface area contributed by atoms with Crippen LogP contribution in [0.2, 0.25) is 5.15 Å². The Morgan fingerprint density at radius 3 is 2.53 bits per heavy atom. The van der Waals surface area contributed by atoms with E-state index in [1.165, 1.54) is 0 Å². The first kappa shape index (κ1) is 14.1. The molecule has 0 aliphatic rings. The predicted octanol–water partition coefficient (Wildman–Crippen LogP) is 4.31. The lowest BCUT2D eigenvalue weighted by Crippen LogP contribution is -1.98. The summed E-state index contributed by atoms with van der Waals surface area (Å²) in [5.41, 5.74) is 1.72. The van der Waals surface area contributed by atoms with Gasteiger partial charge in [0.25, 0.3) is 0 Å². The molecule has 1 aromatic carbocycles. The Morgan fingerprint density at radius 2 is 1.89 bits per heavy atom. The van der Waals surface area contributed by atoms with Crippen LogP contribution in [0.1, 0.15) is 11.1 Å². The quantitative estimate of drug-likeness (QED) is 0.833. The van der Waals surface area contributed by atoms with Crippen molar-refractivity contribution in [1.29, 1.82) is 0 Å². The molecule has 4 nitrogen and oxygen atoms in total. The van der Waals surface area contributed by atoms with E-state index in [4.69, 9.17) is 21.1 Å². The van der Waals surface area contributed by atoms with Gasteiger partial charge < -0.3 is 9.47 Å². The number of ether oxygens (including phenoxy) is 2. The van der Waals surface area contributed by atoms with Crippen molar-refractivity contribution in [3.63, 3.8) is 0 Å². The average molecular weight is 344 g/mol. The highest BCUT2D eigenvalue weighted by atomic mass is 79.9. The molecule has 0 radical (unpaired) electrons. The molecule has 0 unspecified atom stereocenters. The van der Waals surface area contributed by atoms with E-state index in [0.717, 1.165) is 21.3 Å². The molecular formula is C13H12BrClN2O2. The molecule has 2 rings (SSSR count). The van der Waals surface area contributed by atoms with E-state index in [2.05, 4.69) is 26.1 Å². The first-order valence-corrected chi connectivity index (χ1v) is 6.70. The van der Waals surface area contributed by atoms with Gasteiger partial charge in [0.1, 0.15) is 11.5 Å². The second kappa shape index (κ2) is 5.75. The molecule has 100 valence electrons. The Kier molecular flexibility index (Phi) is 4.27. The molecule has 0 saturated carbocycles. The van der Waals surface area contributed by atoms with Gasteiger partial charge in [-0.2, -0.15) is 0 Å². The summed E-state index contributed by atoms with van der Waals surface area (Å²) in [6.45, 7) is 3.77. The minimum absolute atomic E-state index is 0.388. The predicted molar refractivity (Wildman–Crippen MR) is 77.3 cm³/mol. The van der Waals surface area contributed by atoms with Crippen LogP contribution in [0.3, 0.4) is 0 Å². The summed E-state index contributed by atoms with van der Waals surface area (Å²) >= 11 is 9.33. The van der Waals surface area contributed by atoms with Gasteiger partial charge in [-0.15, -0.1) is 10.2 Å². The van der Waals surface area contributed by atoms with Crippen molar-refractivity contribution < 1.29 is 9.47 Å². The van der Waals surface area contributed by atoms with Crippen LogP contribution in [0.4, 0.5) is 0 Å².